The van der Waals surface area contributed by atoms with Crippen molar-refractivity contribution in [2.75, 3.05) is 4.72 Å². The molecule has 0 saturated carbocycles. The van der Waals surface area contributed by atoms with E-state index in [9.17, 15) is 0 Å². The van der Waals surface area contributed by atoms with Crippen LogP contribution in [0, 0.1) is 0 Å². The van der Waals surface area contributed by atoms with Gasteiger partial charge >= 0.3 is 0 Å². The minimum atomic E-state index is 0.559. The van der Waals surface area contributed by atoms with Crippen molar-refractivity contribution in [2.24, 2.45) is 7.05 Å². The quantitative estimate of drug-likeness (QED) is 0.740. The van der Waals surface area contributed by atoms with Crippen molar-refractivity contribution >= 4 is 29.4 Å². The van der Waals surface area contributed by atoms with Gasteiger partial charge in [0, 0.05) is 24.3 Å². The summed E-state index contributed by atoms with van der Waals surface area (Å²) in [6.07, 6.45) is 2.21. The molecule has 2 rings (SSSR count). The summed E-state index contributed by atoms with van der Waals surface area (Å²) in [5, 5.41) is 1.33. The van der Waals surface area contributed by atoms with Gasteiger partial charge in [0.25, 0.3) is 0 Å². The maximum atomic E-state index is 4.06. The van der Waals surface area contributed by atoms with Crippen molar-refractivity contribution in [2.45, 2.75) is 19.8 Å². The van der Waals surface area contributed by atoms with Crippen LogP contribution in [0.2, 0.25) is 0 Å². The second kappa shape index (κ2) is 3.81. The number of aromatic nitrogens is 1. The van der Waals surface area contributed by atoms with Gasteiger partial charge in [-0.15, -0.1) is 0 Å². The van der Waals surface area contributed by atoms with Gasteiger partial charge in [0.05, 0.1) is 5.52 Å². The fourth-order valence-corrected chi connectivity index (χ4v) is 2.08. The monoisotopic (exact) mass is 220 g/mol. The first kappa shape index (κ1) is 10.4. The first-order chi connectivity index (χ1) is 7.13. The molecule has 1 aromatic heterocycles. The fraction of sp³-hybridized carbons (Fsp3) is 0.333. The van der Waals surface area contributed by atoms with Gasteiger partial charge in [0.15, 0.2) is 0 Å². The van der Waals surface area contributed by atoms with E-state index in [1.54, 1.807) is 0 Å². The molecule has 0 saturated heterocycles. The van der Waals surface area contributed by atoms with Crippen molar-refractivity contribution < 1.29 is 0 Å². The van der Waals surface area contributed by atoms with Crippen LogP contribution in [0.3, 0.4) is 0 Å². The van der Waals surface area contributed by atoms with E-state index in [4.69, 9.17) is 0 Å². The summed E-state index contributed by atoms with van der Waals surface area (Å²) < 4.78 is 5.03. The van der Waals surface area contributed by atoms with Gasteiger partial charge in [0.2, 0.25) is 0 Å². The first-order valence-corrected chi connectivity index (χ1v) is 5.57. The Morgan fingerprint density at radius 1 is 1.33 bits per heavy atom. The van der Waals surface area contributed by atoms with Crippen molar-refractivity contribution in [3.63, 3.8) is 0 Å². The molecule has 0 radical (unpaired) electrons. The molecule has 80 valence electrons. The average Bonchev–Trinajstić information content (AvgIpc) is 2.56. The van der Waals surface area contributed by atoms with E-state index in [1.807, 2.05) is 0 Å². The minimum Gasteiger partial charge on any atom is -0.350 e. The molecule has 2 nitrogen and oxygen atoms in total. The molecule has 1 N–H and O–H groups in total. The number of nitrogens with one attached hydrogen (secondary N) is 1. The molecule has 0 fully saturated rings. The van der Waals surface area contributed by atoms with Gasteiger partial charge in [0.1, 0.15) is 0 Å². The average molecular weight is 220 g/mol. The van der Waals surface area contributed by atoms with Gasteiger partial charge < -0.3 is 9.29 Å². The van der Waals surface area contributed by atoms with E-state index in [-0.39, 0.29) is 0 Å². The predicted molar refractivity (Wildman–Crippen MR) is 69.6 cm³/mol. The third-order valence-electron chi connectivity index (χ3n) is 2.77. The van der Waals surface area contributed by atoms with Gasteiger partial charge in [-0.1, -0.05) is 32.7 Å². The van der Waals surface area contributed by atoms with Crippen LogP contribution in [0.25, 0.3) is 10.9 Å². The fourth-order valence-electron chi connectivity index (χ4n) is 1.94. The summed E-state index contributed by atoms with van der Waals surface area (Å²) in [4.78, 5) is 0. The molecular formula is C12H16N2S. The summed E-state index contributed by atoms with van der Waals surface area (Å²) in [5.41, 5.74) is 3.68. The second-order valence-corrected chi connectivity index (χ2v) is 4.42. The number of hydrogen-bond acceptors (Lipinski definition) is 2. The number of fused-ring (bicyclic) bond motifs is 1. The van der Waals surface area contributed by atoms with Crippen LogP contribution in [-0.4, -0.2) is 4.57 Å². The molecule has 1 aromatic carbocycles. The van der Waals surface area contributed by atoms with Gasteiger partial charge in [-0.05, 0) is 23.6 Å². The van der Waals surface area contributed by atoms with E-state index in [1.165, 1.54) is 16.5 Å². The molecule has 0 atom stereocenters. The third-order valence-corrected chi connectivity index (χ3v) is 3.03. The van der Waals surface area contributed by atoms with E-state index in [2.05, 4.69) is 67.4 Å². The molecule has 0 aliphatic heterocycles. The lowest BCUT2D eigenvalue weighted by Crippen LogP contribution is -1.85. The highest BCUT2D eigenvalue weighted by Gasteiger charge is 2.09. The van der Waals surface area contributed by atoms with Crippen LogP contribution in [0.1, 0.15) is 25.3 Å². The molecule has 0 aliphatic rings. The molecule has 0 unspecified atom stereocenters. The van der Waals surface area contributed by atoms with Crippen LogP contribution < -0.4 is 4.72 Å². The molecule has 0 amide bonds. The van der Waals surface area contributed by atoms with Crippen LogP contribution in [0.4, 0.5) is 5.69 Å². The van der Waals surface area contributed by atoms with Crippen molar-refractivity contribution in [1.82, 2.24) is 4.57 Å². The number of aryl methyl sites for hydroxylation is 1. The summed E-state index contributed by atoms with van der Waals surface area (Å²) in [6, 6.07) is 6.33. The summed E-state index contributed by atoms with van der Waals surface area (Å²) in [7, 11) is 2.08. The number of anilines is 1. The van der Waals surface area contributed by atoms with Gasteiger partial charge in [-0.25, -0.2) is 0 Å². The maximum absolute atomic E-state index is 4.06. The van der Waals surface area contributed by atoms with Crippen LogP contribution >= 0.6 is 12.8 Å². The summed E-state index contributed by atoms with van der Waals surface area (Å²) >= 11 is 4.06. The Kier molecular flexibility index (Phi) is 2.65. The van der Waals surface area contributed by atoms with Crippen molar-refractivity contribution in [3.05, 3.63) is 30.0 Å². The van der Waals surface area contributed by atoms with Crippen LogP contribution in [-0.2, 0) is 7.05 Å². The molecule has 1 heterocycles. The molecule has 0 spiro atoms. The largest absolute Gasteiger partial charge is 0.350 e. The zero-order valence-electron chi connectivity index (χ0n) is 9.28. The normalized spacial score (nSPS) is 11.3. The minimum absolute atomic E-state index is 0.559. The molecule has 15 heavy (non-hydrogen) atoms. The van der Waals surface area contributed by atoms with Crippen LogP contribution in [0.15, 0.2) is 24.4 Å². The van der Waals surface area contributed by atoms with Crippen molar-refractivity contribution in [1.29, 1.82) is 0 Å². The maximum Gasteiger partial charge on any atom is 0.0501 e. The Labute approximate surface area is 95.8 Å². The molecular weight excluding hydrogens is 204 g/mol. The third kappa shape index (κ3) is 1.72. The highest BCUT2D eigenvalue weighted by Crippen LogP contribution is 2.28. The predicted octanol–water partition coefficient (Wildman–Crippen LogP) is 3.56. The number of rotatable bonds is 2. The zero-order valence-corrected chi connectivity index (χ0v) is 10.2. The van der Waals surface area contributed by atoms with Gasteiger partial charge in [-0.2, -0.15) is 0 Å². The SMILES string of the molecule is CC(C)c1cn(C)c2cc(NS)ccc12. The van der Waals surface area contributed by atoms with E-state index in [0.717, 1.165) is 5.69 Å². The molecule has 3 heteroatoms. The second-order valence-electron chi connectivity index (χ2n) is 4.19. The smallest absolute Gasteiger partial charge is 0.0501 e. The Morgan fingerprint density at radius 2 is 2.07 bits per heavy atom. The lowest BCUT2D eigenvalue weighted by atomic mass is 10.0. The Morgan fingerprint density at radius 3 is 2.67 bits per heavy atom. The first-order valence-electron chi connectivity index (χ1n) is 5.12. The molecule has 2 aromatic rings. The van der Waals surface area contributed by atoms with E-state index >= 15 is 0 Å². The highest BCUT2D eigenvalue weighted by molar-refractivity contribution is 7.81. The summed E-state index contributed by atoms with van der Waals surface area (Å²) in [6.45, 7) is 4.44. The Balaban J connectivity index is 2.69. The standard InChI is InChI=1S/C12H16N2S/c1-8(2)11-7-14(3)12-6-9(13-15)4-5-10(11)12/h4-8,13,15H,1-3H3. The Hall–Kier alpha value is -1.09. The number of benzene rings is 1. The molecule has 0 aliphatic carbocycles. The zero-order chi connectivity index (χ0) is 11.0. The van der Waals surface area contributed by atoms with Crippen LogP contribution in [0.5, 0.6) is 0 Å². The van der Waals surface area contributed by atoms with E-state index in [0.29, 0.717) is 5.92 Å². The Bertz CT molecular complexity index is 486. The number of hydrogen-bond donors (Lipinski definition) is 2. The number of nitrogens with zero attached hydrogens (tertiary/aromatic N) is 1. The van der Waals surface area contributed by atoms with Crippen molar-refractivity contribution in [3.8, 4) is 0 Å². The molecule has 0 bridgehead atoms. The van der Waals surface area contributed by atoms with Gasteiger partial charge in [-0.3, -0.25) is 0 Å². The lowest BCUT2D eigenvalue weighted by Gasteiger charge is -2.03. The topological polar surface area (TPSA) is 17.0 Å². The lowest BCUT2D eigenvalue weighted by molar-refractivity contribution is 0.857. The highest BCUT2D eigenvalue weighted by atomic mass is 32.1. The summed E-state index contributed by atoms with van der Waals surface area (Å²) in [5.74, 6) is 0.559. The van der Waals surface area contributed by atoms with E-state index < -0.39 is 0 Å². The number of thiol groups is 1.